The first kappa shape index (κ1) is 9.42. The van der Waals surface area contributed by atoms with Crippen molar-refractivity contribution in [3.8, 4) is 11.5 Å². The van der Waals surface area contributed by atoms with E-state index in [1.165, 1.54) is 0 Å². The van der Waals surface area contributed by atoms with E-state index in [9.17, 15) is 0 Å². The summed E-state index contributed by atoms with van der Waals surface area (Å²) in [7, 11) is 0. The van der Waals surface area contributed by atoms with Gasteiger partial charge in [0.25, 0.3) is 4.84 Å². The molecule has 1 aromatic carbocycles. The van der Waals surface area contributed by atoms with Crippen molar-refractivity contribution in [2.75, 3.05) is 5.73 Å². The monoisotopic (exact) mass is 271 g/mol. The Morgan fingerprint density at radius 1 is 1.50 bits per heavy atom. The lowest BCUT2D eigenvalue weighted by molar-refractivity contribution is 0.552. The number of halogens is 1. The Labute approximate surface area is 93.3 Å². The number of nitrogens with two attached hydrogens (primary N) is 1. The first-order valence-corrected chi connectivity index (χ1v) is 4.98. The second kappa shape index (κ2) is 3.55. The fraction of sp³-hybridized carbons (Fsp3) is 0. The van der Waals surface area contributed by atoms with Crippen LogP contribution in [0.3, 0.4) is 0 Å². The van der Waals surface area contributed by atoms with Gasteiger partial charge in [0.15, 0.2) is 0 Å². The minimum atomic E-state index is 0.257. The van der Waals surface area contributed by atoms with Gasteiger partial charge in [0.1, 0.15) is 0 Å². The smallest absolute Gasteiger partial charge is 0.284 e. The van der Waals surface area contributed by atoms with Crippen LogP contribution in [0.15, 0.2) is 27.1 Å². The minimum absolute atomic E-state index is 0.257. The number of nitrogens with zero attached hydrogens (tertiary/aromatic N) is 1. The maximum Gasteiger partial charge on any atom is 0.284 e. The number of rotatable bonds is 1. The van der Waals surface area contributed by atoms with Crippen molar-refractivity contribution in [1.82, 2.24) is 10.2 Å². The quantitative estimate of drug-likeness (QED) is 0.618. The average Bonchev–Trinajstić information content (AvgIpc) is 2.57. The second-order valence-corrected chi connectivity index (χ2v) is 3.88. The molecule has 0 bridgehead atoms. The highest BCUT2D eigenvalue weighted by Crippen LogP contribution is 2.25. The average molecular weight is 272 g/mol. The molecule has 3 N–H and O–H groups in total. The predicted molar refractivity (Wildman–Crippen MR) is 59.2 cm³/mol. The molecule has 0 saturated carbocycles. The summed E-state index contributed by atoms with van der Waals surface area (Å²) in [6, 6.07) is 5.41. The lowest BCUT2D eigenvalue weighted by atomic mass is 10.2. The molecule has 0 unspecified atom stereocenters. The Balaban J connectivity index is 2.52. The second-order valence-electron chi connectivity index (χ2n) is 2.65. The van der Waals surface area contributed by atoms with E-state index in [4.69, 9.17) is 22.4 Å². The van der Waals surface area contributed by atoms with Crippen LogP contribution in [0.1, 0.15) is 0 Å². The molecular formula is C8H6BrN3OS. The number of anilines is 1. The topological polar surface area (TPSA) is 67.8 Å². The molecule has 0 spiro atoms. The van der Waals surface area contributed by atoms with Crippen LogP contribution >= 0.6 is 28.1 Å². The molecule has 1 aromatic heterocycles. The molecule has 14 heavy (non-hydrogen) atoms. The summed E-state index contributed by atoms with van der Waals surface area (Å²) in [6.07, 6.45) is 0. The van der Waals surface area contributed by atoms with E-state index >= 15 is 0 Å². The minimum Gasteiger partial charge on any atom is -0.409 e. The van der Waals surface area contributed by atoms with Crippen LogP contribution in [0.2, 0.25) is 0 Å². The highest BCUT2D eigenvalue weighted by Gasteiger charge is 2.05. The SMILES string of the molecule is Nc1ccc(-c2n[nH]c(=S)o2)cc1Br. The van der Waals surface area contributed by atoms with Gasteiger partial charge in [0.2, 0.25) is 5.89 Å². The number of aromatic nitrogens is 2. The number of hydrogen-bond acceptors (Lipinski definition) is 4. The lowest BCUT2D eigenvalue weighted by Crippen LogP contribution is -1.86. The van der Waals surface area contributed by atoms with Crippen LogP contribution in [0.25, 0.3) is 11.5 Å². The molecule has 4 nitrogen and oxygen atoms in total. The third kappa shape index (κ3) is 1.71. The molecule has 0 radical (unpaired) electrons. The molecule has 0 saturated heterocycles. The standard InChI is InChI=1S/C8H6BrN3OS/c9-5-3-4(1-2-6(5)10)7-11-12-8(14)13-7/h1-3H,10H2,(H,12,14). The van der Waals surface area contributed by atoms with Gasteiger partial charge in [0, 0.05) is 15.7 Å². The van der Waals surface area contributed by atoms with Crippen molar-refractivity contribution >= 4 is 33.8 Å². The highest BCUT2D eigenvalue weighted by atomic mass is 79.9. The summed E-state index contributed by atoms with van der Waals surface area (Å²) >= 11 is 8.09. The maximum atomic E-state index is 5.65. The molecular weight excluding hydrogens is 266 g/mol. The molecule has 1 heterocycles. The van der Waals surface area contributed by atoms with Gasteiger partial charge in [-0.2, -0.15) is 0 Å². The Morgan fingerprint density at radius 2 is 2.29 bits per heavy atom. The molecule has 0 amide bonds. The van der Waals surface area contributed by atoms with Gasteiger partial charge in [-0.1, -0.05) is 0 Å². The summed E-state index contributed by atoms with van der Waals surface area (Å²) in [4.78, 5) is 0.257. The summed E-state index contributed by atoms with van der Waals surface area (Å²) in [5.41, 5.74) is 7.13. The van der Waals surface area contributed by atoms with Crippen molar-refractivity contribution in [2.24, 2.45) is 0 Å². The van der Waals surface area contributed by atoms with Gasteiger partial charge in [0.05, 0.1) is 0 Å². The number of nitrogen functional groups attached to an aromatic ring is 1. The largest absolute Gasteiger partial charge is 0.409 e. The molecule has 0 aliphatic carbocycles. The third-order valence-corrected chi connectivity index (χ3v) is 2.55. The summed E-state index contributed by atoms with van der Waals surface area (Å²) < 4.78 is 5.96. The third-order valence-electron chi connectivity index (χ3n) is 1.69. The highest BCUT2D eigenvalue weighted by molar-refractivity contribution is 9.10. The van der Waals surface area contributed by atoms with Crippen LogP contribution in [0.5, 0.6) is 0 Å². The summed E-state index contributed by atoms with van der Waals surface area (Å²) in [5, 5.41) is 6.45. The van der Waals surface area contributed by atoms with Crippen molar-refractivity contribution < 1.29 is 4.42 Å². The van der Waals surface area contributed by atoms with E-state index in [1.54, 1.807) is 6.07 Å². The maximum absolute atomic E-state index is 5.65. The molecule has 0 aliphatic rings. The van der Waals surface area contributed by atoms with Gasteiger partial charge in [-0.3, -0.25) is 0 Å². The zero-order chi connectivity index (χ0) is 10.1. The Bertz CT molecular complexity index is 519. The Kier molecular flexibility index (Phi) is 2.39. The molecule has 0 aliphatic heterocycles. The molecule has 2 rings (SSSR count). The zero-order valence-electron chi connectivity index (χ0n) is 6.95. The van der Waals surface area contributed by atoms with Crippen LogP contribution in [0, 0.1) is 4.84 Å². The normalized spacial score (nSPS) is 10.4. The first-order valence-electron chi connectivity index (χ1n) is 3.78. The van der Waals surface area contributed by atoms with Crippen LogP contribution < -0.4 is 5.73 Å². The Hall–Kier alpha value is -1.14. The van der Waals surface area contributed by atoms with Crippen LogP contribution in [0.4, 0.5) is 5.69 Å². The van der Waals surface area contributed by atoms with E-state index < -0.39 is 0 Å². The number of H-pyrrole nitrogens is 1. The molecule has 2 aromatic rings. The van der Waals surface area contributed by atoms with E-state index in [-0.39, 0.29) is 4.84 Å². The number of benzene rings is 1. The van der Waals surface area contributed by atoms with Gasteiger partial charge in [-0.25, -0.2) is 5.10 Å². The van der Waals surface area contributed by atoms with Gasteiger partial charge >= 0.3 is 0 Å². The van der Waals surface area contributed by atoms with E-state index in [0.29, 0.717) is 11.6 Å². The number of nitrogens with one attached hydrogen (secondary N) is 1. The molecule has 6 heteroatoms. The van der Waals surface area contributed by atoms with Gasteiger partial charge in [-0.05, 0) is 46.3 Å². The number of hydrogen-bond donors (Lipinski definition) is 2. The van der Waals surface area contributed by atoms with Crippen molar-refractivity contribution in [3.05, 3.63) is 27.5 Å². The zero-order valence-corrected chi connectivity index (χ0v) is 9.35. The fourth-order valence-corrected chi connectivity index (χ4v) is 1.52. The van der Waals surface area contributed by atoms with Crippen molar-refractivity contribution in [2.45, 2.75) is 0 Å². The van der Waals surface area contributed by atoms with Gasteiger partial charge < -0.3 is 10.2 Å². The van der Waals surface area contributed by atoms with Crippen LogP contribution in [-0.4, -0.2) is 10.2 Å². The summed E-state index contributed by atoms with van der Waals surface area (Å²) in [5.74, 6) is 0.454. The molecule has 0 atom stereocenters. The van der Waals surface area contributed by atoms with E-state index in [2.05, 4.69) is 26.1 Å². The first-order chi connectivity index (χ1) is 6.66. The fourth-order valence-electron chi connectivity index (χ4n) is 1.01. The van der Waals surface area contributed by atoms with E-state index in [0.717, 1.165) is 10.0 Å². The Morgan fingerprint density at radius 3 is 2.86 bits per heavy atom. The van der Waals surface area contributed by atoms with Gasteiger partial charge in [-0.15, -0.1) is 5.10 Å². The van der Waals surface area contributed by atoms with E-state index in [1.807, 2.05) is 12.1 Å². The van der Waals surface area contributed by atoms with Crippen molar-refractivity contribution in [1.29, 1.82) is 0 Å². The lowest BCUT2D eigenvalue weighted by Gasteiger charge is -1.99. The predicted octanol–water partition coefficient (Wildman–Crippen LogP) is 2.74. The van der Waals surface area contributed by atoms with Crippen molar-refractivity contribution in [3.63, 3.8) is 0 Å². The molecule has 0 fully saturated rings. The molecule has 72 valence electrons. The number of aromatic amines is 1. The summed E-state index contributed by atoms with van der Waals surface area (Å²) in [6.45, 7) is 0. The van der Waals surface area contributed by atoms with Crippen LogP contribution in [-0.2, 0) is 0 Å².